The zero-order chi connectivity index (χ0) is 5.98. The minimum absolute atomic E-state index is 0.398. The summed E-state index contributed by atoms with van der Waals surface area (Å²) < 4.78 is 12.6. The van der Waals surface area contributed by atoms with Crippen LogP contribution in [0.5, 0.6) is 0 Å². The maximum atomic E-state index is 12.6. The van der Waals surface area contributed by atoms with E-state index in [9.17, 15) is 4.39 Å². The van der Waals surface area contributed by atoms with Crippen molar-refractivity contribution in [1.82, 2.24) is 0 Å². The molecule has 2 atom stereocenters. The van der Waals surface area contributed by atoms with Crippen molar-refractivity contribution >= 4 is 0 Å². The molecule has 0 spiro atoms. The van der Waals surface area contributed by atoms with E-state index in [0.29, 0.717) is 5.92 Å². The molecule has 0 heterocycles. The Labute approximate surface area is 50.1 Å². The van der Waals surface area contributed by atoms with Crippen LogP contribution < -0.4 is 0 Å². The minimum Gasteiger partial charge on any atom is -0.247 e. The fourth-order valence-corrected chi connectivity index (χ4v) is 1.45. The quantitative estimate of drug-likeness (QED) is 0.494. The molecule has 0 aromatic heterocycles. The predicted octanol–water partition coefficient (Wildman–Crippen LogP) is 2.53. The van der Waals surface area contributed by atoms with E-state index >= 15 is 0 Å². The Morgan fingerprint density at radius 2 is 2.25 bits per heavy atom. The first-order valence-corrected chi connectivity index (χ1v) is 3.48. The van der Waals surface area contributed by atoms with E-state index in [1.165, 1.54) is 0 Å². The number of rotatable bonds is 1. The topological polar surface area (TPSA) is 0 Å². The summed E-state index contributed by atoms with van der Waals surface area (Å²) in [6, 6.07) is 0. The van der Waals surface area contributed by atoms with Crippen LogP contribution in [0.3, 0.4) is 0 Å². The molecule has 0 aliphatic heterocycles. The highest BCUT2D eigenvalue weighted by Gasteiger charge is 2.24. The molecule has 1 fully saturated rings. The third-order valence-corrected chi connectivity index (χ3v) is 2.09. The molecule has 0 amide bonds. The van der Waals surface area contributed by atoms with Gasteiger partial charge in [0.25, 0.3) is 0 Å². The van der Waals surface area contributed by atoms with Crippen molar-refractivity contribution in [3.05, 3.63) is 0 Å². The van der Waals surface area contributed by atoms with Crippen molar-refractivity contribution in [2.45, 2.75) is 38.8 Å². The van der Waals surface area contributed by atoms with Gasteiger partial charge in [-0.2, -0.15) is 0 Å². The van der Waals surface area contributed by atoms with Gasteiger partial charge >= 0.3 is 0 Å². The largest absolute Gasteiger partial charge is 0.247 e. The van der Waals surface area contributed by atoms with Crippen LogP contribution in [0.2, 0.25) is 0 Å². The van der Waals surface area contributed by atoms with Crippen LogP contribution in [0.25, 0.3) is 0 Å². The number of hydrogen-bond donors (Lipinski definition) is 0. The van der Waals surface area contributed by atoms with Gasteiger partial charge < -0.3 is 0 Å². The van der Waals surface area contributed by atoms with E-state index in [1.54, 1.807) is 0 Å². The van der Waals surface area contributed by atoms with Crippen molar-refractivity contribution < 1.29 is 4.39 Å². The first-order valence-electron chi connectivity index (χ1n) is 3.48. The summed E-state index contributed by atoms with van der Waals surface area (Å²) in [6.07, 6.45) is 3.61. The Hall–Kier alpha value is -0.0700. The van der Waals surface area contributed by atoms with Crippen LogP contribution in [0.1, 0.15) is 32.6 Å². The molecule has 0 aromatic rings. The van der Waals surface area contributed by atoms with Crippen molar-refractivity contribution in [3.8, 4) is 0 Å². The fraction of sp³-hybridized carbons (Fsp3) is 1.00. The van der Waals surface area contributed by atoms with Crippen LogP contribution in [0.4, 0.5) is 4.39 Å². The van der Waals surface area contributed by atoms with Crippen LogP contribution in [0.15, 0.2) is 0 Å². The molecule has 0 N–H and O–H groups in total. The average Bonchev–Trinajstić information content (AvgIpc) is 2.14. The SMILES string of the molecule is CC[C@H]1CCC[C@@H]1F. The van der Waals surface area contributed by atoms with Gasteiger partial charge in [-0.3, -0.25) is 0 Å². The zero-order valence-corrected chi connectivity index (χ0v) is 5.36. The lowest BCUT2D eigenvalue weighted by Gasteiger charge is -2.06. The van der Waals surface area contributed by atoms with Gasteiger partial charge in [0, 0.05) is 0 Å². The molecule has 0 aromatic carbocycles. The highest BCUT2D eigenvalue weighted by molar-refractivity contribution is 4.75. The second-order valence-electron chi connectivity index (χ2n) is 2.62. The molecule has 0 radical (unpaired) electrons. The van der Waals surface area contributed by atoms with Gasteiger partial charge in [-0.1, -0.05) is 19.8 Å². The smallest absolute Gasteiger partial charge is 0.103 e. The van der Waals surface area contributed by atoms with E-state index in [2.05, 4.69) is 6.92 Å². The minimum atomic E-state index is -0.472. The fourth-order valence-electron chi connectivity index (χ4n) is 1.45. The van der Waals surface area contributed by atoms with Gasteiger partial charge in [0.2, 0.25) is 0 Å². The van der Waals surface area contributed by atoms with Crippen LogP contribution in [0, 0.1) is 5.92 Å². The Morgan fingerprint density at radius 1 is 1.50 bits per heavy atom. The van der Waals surface area contributed by atoms with E-state index in [0.717, 1.165) is 25.7 Å². The van der Waals surface area contributed by atoms with Crippen LogP contribution in [-0.4, -0.2) is 6.17 Å². The summed E-state index contributed by atoms with van der Waals surface area (Å²) in [5.74, 6) is 0.398. The van der Waals surface area contributed by atoms with E-state index in [4.69, 9.17) is 0 Å². The maximum Gasteiger partial charge on any atom is 0.103 e. The van der Waals surface area contributed by atoms with Crippen molar-refractivity contribution in [2.24, 2.45) is 5.92 Å². The molecule has 8 heavy (non-hydrogen) atoms. The van der Waals surface area contributed by atoms with Gasteiger partial charge in [0.05, 0.1) is 0 Å². The highest BCUT2D eigenvalue weighted by atomic mass is 19.1. The molecular weight excluding hydrogens is 103 g/mol. The average molecular weight is 116 g/mol. The summed E-state index contributed by atoms with van der Waals surface area (Å²) in [6.45, 7) is 2.07. The van der Waals surface area contributed by atoms with Crippen LogP contribution >= 0.6 is 0 Å². The Bertz CT molecular complexity index is 70.8. The number of halogens is 1. The summed E-state index contributed by atoms with van der Waals surface area (Å²) in [4.78, 5) is 0. The van der Waals surface area contributed by atoms with Gasteiger partial charge in [0.1, 0.15) is 6.17 Å². The summed E-state index contributed by atoms with van der Waals surface area (Å²) in [7, 11) is 0. The first kappa shape index (κ1) is 6.06. The molecule has 0 unspecified atom stereocenters. The number of hydrogen-bond acceptors (Lipinski definition) is 0. The molecule has 1 aliphatic carbocycles. The maximum absolute atomic E-state index is 12.6. The Kier molecular flexibility index (Phi) is 1.87. The molecule has 1 saturated carbocycles. The van der Waals surface area contributed by atoms with Gasteiger partial charge in [-0.15, -0.1) is 0 Å². The second-order valence-corrected chi connectivity index (χ2v) is 2.62. The molecule has 0 bridgehead atoms. The molecule has 0 nitrogen and oxygen atoms in total. The highest BCUT2D eigenvalue weighted by Crippen LogP contribution is 2.30. The molecule has 1 heteroatoms. The van der Waals surface area contributed by atoms with Crippen molar-refractivity contribution in [1.29, 1.82) is 0 Å². The van der Waals surface area contributed by atoms with Gasteiger partial charge in [-0.05, 0) is 18.8 Å². The van der Waals surface area contributed by atoms with E-state index < -0.39 is 6.17 Å². The third-order valence-electron chi connectivity index (χ3n) is 2.09. The monoisotopic (exact) mass is 116 g/mol. The summed E-state index contributed by atoms with van der Waals surface area (Å²) >= 11 is 0. The van der Waals surface area contributed by atoms with E-state index in [1.807, 2.05) is 0 Å². The van der Waals surface area contributed by atoms with E-state index in [-0.39, 0.29) is 0 Å². The normalized spacial score (nSPS) is 38.2. The van der Waals surface area contributed by atoms with Gasteiger partial charge in [0.15, 0.2) is 0 Å². The Morgan fingerprint density at radius 3 is 2.50 bits per heavy atom. The van der Waals surface area contributed by atoms with Gasteiger partial charge in [-0.25, -0.2) is 4.39 Å². The summed E-state index contributed by atoms with van der Waals surface area (Å²) in [5.41, 5.74) is 0. The lowest BCUT2D eigenvalue weighted by Crippen LogP contribution is -2.05. The zero-order valence-electron chi connectivity index (χ0n) is 5.36. The third kappa shape index (κ3) is 1.01. The lowest BCUT2D eigenvalue weighted by atomic mass is 10.0. The Balaban J connectivity index is 2.30. The molecule has 48 valence electrons. The molecular formula is C7H13F. The van der Waals surface area contributed by atoms with Crippen molar-refractivity contribution in [2.75, 3.05) is 0 Å². The second kappa shape index (κ2) is 2.47. The van der Waals surface area contributed by atoms with Crippen molar-refractivity contribution in [3.63, 3.8) is 0 Å². The molecule has 1 rings (SSSR count). The molecule has 0 saturated heterocycles. The van der Waals surface area contributed by atoms with Crippen LogP contribution in [-0.2, 0) is 0 Å². The first-order chi connectivity index (χ1) is 3.84. The molecule has 1 aliphatic rings. The number of alkyl halides is 1. The lowest BCUT2D eigenvalue weighted by molar-refractivity contribution is 0.258. The standard InChI is InChI=1S/C7H13F/c1-2-6-4-3-5-7(6)8/h6-7H,2-5H2,1H3/t6-,7-/m0/s1. The summed E-state index contributed by atoms with van der Waals surface area (Å²) in [5, 5.41) is 0. The predicted molar refractivity (Wildman–Crippen MR) is 32.5 cm³/mol.